The first-order valence-corrected chi connectivity index (χ1v) is 5.27. The van der Waals surface area contributed by atoms with E-state index in [0.29, 0.717) is 10.9 Å². The molecule has 1 heterocycles. The molecular formula is C11H17ClN2. The number of nitrogens with zero attached hydrogens (tertiary/aromatic N) is 1. The highest BCUT2D eigenvalue weighted by Gasteiger charge is 2.23. The summed E-state index contributed by atoms with van der Waals surface area (Å²) in [7, 11) is 0. The second kappa shape index (κ2) is 4.76. The van der Waals surface area contributed by atoms with Crippen LogP contribution in [0.5, 0.6) is 0 Å². The summed E-state index contributed by atoms with van der Waals surface area (Å²) in [4.78, 5) is 4.31. The van der Waals surface area contributed by atoms with Gasteiger partial charge in [0, 0.05) is 18.2 Å². The smallest absolute Gasteiger partial charge is 0.0638 e. The lowest BCUT2D eigenvalue weighted by Crippen LogP contribution is -2.29. The number of nitrogens with two attached hydrogens (primary N) is 1. The molecule has 1 aromatic heterocycles. The molecule has 2 atom stereocenters. The molecule has 1 rings (SSSR count). The van der Waals surface area contributed by atoms with Gasteiger partial charge in [-0.3, -0.25) is 4.98 Å². The molecule has 0 saturated carbocycles. The minimum atomic E-state index is 0.0717. The SMILES string of the molecule is CC(C)C(c1ncccc1Cl)C(C)N. The van der Waals surface area contributed by atoms with Crippen molar-refractivity contribution in [3.8, 4) is 0 Å². The van der Waals surface area contributed by atoms with E-state index >= 15 is 0 Å². The molecule has 0 amide bonds. The number of rotatable bonds is 3. The Labute approximate surface area is 90.5 Å². The Hall–Kier alpha value is -0.600. The summed E-state index contributed by atoms with van der Waals surface area (Å²) in [5.74, 6) is 0.672. The van der Waals surface area contributed by atoms with Gasteiger partial charge in [-0.05, 0) is 25.0 Å². The number of hydrogen-bond donors (Lipinski definition) is 1. The standard InChI is InChI=1S/C11H17ClN2/c1-7(2)10(8(3)13)11-9(12)5-4-6-14-11/h4-8,10H,13H2,1-3H3. The van der Waals surface area contributed by atoms with Crippen LogP contribution in [0, 0.1) is 5.92 Å². The van der Waals surface area contributed by atoms with Crippen molar-refractivity contribution in [2.24, 2.45) is 11.7 Å². The molecule has 0 saturated heterocycles. The van der Waals surface area contributed by atoms with Crippen molar-refractivity contribution in [3.63, 3.8) is 0 Å². The Balaban J connectivity index is 3.05. The van der Waals surface area contributed by atoms with Crippen LogP contribution in [0.2, 0.25) is 5.02 Å². The van der Waals surface area contributed by atoms with Crippen molar-refractivity contribution in [3.05, 3.63) is 29.0 Å². The summed E-state index contributed by atoms with van der Waals surface area (Å²) in [5.41, 5.74) is 6.86. The van der Waals surface area contributed by atoms with E-state index in [1.54, 1.807) is 6.20 Å². The average Bonchev–Trinajstić information content (AvgIpc) is 2.07. The summed E-state index contributed by atoms with van der Waals surface area (Å²) < 4.78 is 0. The van der Waals surface area contributed by atoms with E-state index in [2.05, 4.69) is 18.8 Å². The largest absolute Gasteiger partial charge is 0.327 e. The molecule has 2 nitrogen and oxygen atoms in total. The van der Waals surface area contributed by atoms with E-state index in [9.17, 15) is 0 Å². The summed E-state index contributed by atoms with van der Waals surface area (Å²) in [6.07, 6.45) is 1.76. The van der Waals surface area contributed by atoms with E-state index in [0.717, 1.165) is 5.69 Å². The van der Waals surface area contributed by atoms with Gasteiger partial charge in [0.1, 0.15) is 0 Å². The molecule has 2 N–H and O–H groups in total. The Bertz CT molecular complexity index is 289. The van der Waals surface area contributed by atoms with Crippen molar-refractivity contribution in [1.29, 1.82) is 0 Å². The summed E-state index contributed by atoms with van der Waals surface area (Å²) in [5, 5.41) is 0.712. The molecule has 3 heteroatoms. The van der Waals surface area contributed by atoms with Gasteiger partial charge in [0.15, 0.2) is 0 Å². The van der Waals surface area contributed by atoms with Crippen LogP contribution in [0.15, 0.2) is 18.3 Å². The predicted octanol–water partition coefficient (Wildman–Crippen LogP) is 2.82. The van der Waals surface area contributed by atoms with Crippen LogP contribution in [0.25, 0.3) is 0 Å². The third-order valence-corrected chi connectivity index (χ3v) is 2.71. The van der Waals surface area contributed by atoms with Crippen molar-refractivity contribution in [2.75, 3.05) is 0 Å². The second-order valence-electron chi connectivity index (χ2n) is 4.00. The Morgan fingerprint density at radius 1 is 1.36 bits per heavy atom. The summed E-state index contributed by atoms with van der Waals surface area (Å²) in [6, 6.07) is 3.77. The minimum Gasteiger partial charge on any atom is -0.327 e. The topological polar surface area (TPSA) is 38.9 Å². The van der Waals surface area contributed by atoms with Crippen molar-refractivity contribution < 1.29 is 0 Å². The summed E-state index contributed by atoms with van der Waals surface area (Å²) >= 11 is 6.09. The van der Waals surface area contributed by atoms with E-state index < -0.39 is 0 Å². The van der Waals surface area contributed by atoms with Gasteiger partial charge >= 0.3 is 0 Å². The van der Waals surface area contributed by atoms with E-state index in [1.165, 1.54) is 0 Å². The van der Waals surface area contributed by atoms with Crippen LogP contribution in [0.1, 0.15) is 32.4 Å². The maximum absolute atomic E-state index is 6.09. The second-order valence-corrected chi connectivity index (χ2v) is 4.41. The van der Waals surface area contributed by atoms with Crippen LogP contribution in [0.4, 0.5) is 0 Å². The van der Waals surface area contributed by atoms with Gasteiger partial charge in [0.25, 0.3) is 0 Å². The van der Waals surface area contributed by atoms with Gasteiger partial charge in [-0.2, -0.15) is 0 Å². The Morgan fingerprint density at radius 3 is 2.43 bits per heavy atom. The molecule has 0 bridgehead atoms. The molecule has 0 aliphatic carbocycles. The molecule has 78 valence electrons. The molecule has 14 heavy (non-hydrogen) atoms. The van der Waals surface area contributed by atoms with Crippen LogP contribution in [-0.4, -0.2) is 11.0 Å². The fraction of sp³-hybridized carbons (Fsp3) is 0.545. The quantitative estimate of drug-likeness (QED) is 0.837. The number of aromatic nitrogens is 1. The van der Waals surface area contributed by atoms with Gasteiger partial charge in [0.05, 0.1) is 10.7 Å². The maximum Gasteiger partial charge on any atom is 0.0638 e. The third-order valence-electron chi connectivity index (χ3n) is 2.39. The highest BCUT2D eigenvalue weighted by Crippen LogP contribution is 2.30. The molecule has 0 radical (unpaired) electrons. The molecular weight excluding hydrogens is 196 g/mol. The highest BCUT2D eigenvalue weighted by molar-refractivity contribution is 6.31. The molecule has 0 aliphatic rings. The fourth-order valence-corrected chi connectivity index (χ4v) is 2.06. The van der Waals surface area contributed by atoms with Crippen molar-refractivity contribution >= 4 is 11.6 Å². The highest BCUT2D eigenvalue weighted by atomic mass is 35.5. The van der Waals surface area contributed by atoms with Crippen LogP contribution in [-0.2, 0) is 0 Å². The normalized spacial score (nSPS) is 15.6. The van der Waals surface area contributed by atoms with Gasteiger partial charge in [-0.1, -0.05) is 25.4 Å². The van der Waals surface area contributed by atoms with Gasteiger partial charge in [-0.25, -0.2) is 0 Å². The van der Waals surface area contributed by atoms with E-state index in [-0.39, 0.29) is 12.0 Å². The first-order valence-electron chi connectivity index (χ1n) is 4.90. The predicted molar refractivity (Wildman–Crippen MR) is 60.5 cm³/mol. The van der Waals surface area contributed by atoms with Crippen molar-refractivity contribution in [1.82, 2.24) is 4.98 Å². The molecule has 2 unspecified atom stereocenters. The molecule has 0 aromatic carbocycles. The lowest BCUT2D eigenvalue weighted by atomic mass is 9.86. The molecule has 1 aromatic rings. The van der Waals surface area contributed by atoms with Crippen molar-refractivity contribution in [2.45, 2.75) is 32.7 Å². The maximum atomic E-state index is 6.09. The lowest BCUT2D eigenvalue weighted by molar-refractivity contribution is 0.427. The molecule has 0 spiro atoms. The number of hydrogen-bond acceptors (Lipinski definition) is 2. The molecule has 0 fully saturated rings. The van der Waals surface area contributed by atoms with Crippen LogP contribution in [0.3, 0.4) is 0 Å². The monoisotopic (exact) mass is 212 g/mol. The number of halogens is 1. The lowest BCUT2D eigenvalue weighted by Gasteiger charge is -2.24. The zero-order chi connectivity index (χ0) is 10.7. The Morgan fingerprint density at radius 2 is 2.00 bits per heavy atom. The zero-order valence-corrected chi connectivity index (χ0v) is 9.62. The Kier molecular flexibility index (Phi) is 3.90. The first kappa shape index (κ1) is 11.5. The molecule has 0 aliphatic heterocycles. The number of pyridine rings is 1. The van der Waals surface area contributed by atoms with E-state index in [4.69, 9.17) is 17.3 Å². The summed E-state index contributed by atoms with van der Waals surface area (Å²) in [6.45, 7) is 6.27. The average molecular weight is 213 g/mol. The third kappa shape index (κ3) is 2.46. The van der Waals surface area contributed by atoms with Gasteiger partial charge in [0.2, 0.25) is 0 Å². The van der Waals surface area contributed by atoms with Crippen LogP contribution >= 0.6 is 11.6 Å². The van der Waals surface area contributed by atoms with Gasteiger partial charge in [-0.15, -0.1) is 0 Å². The first-order chi connectivity index (χ1) is 6.54. The fourth-order valence-electron chi connectivity index (χ4n) is 1.82. The van der Waals surface area contributed by atoms with Crippen LogP contribution < -0.4 is 5.73 Å². The zero-order valence-electron chi connectivity index (χ0n) is 8.87. The minimum absolute atomic E-state index is 0.0717. The van der Waals surface area contributed by atoms with E-state index in [1.807, 2.05) is 19.1 Å². The van der Waals surface area contributed by atoms with Gasteiger partial charge < -0.3 is 5.73 Å².